The van der Waals surface area contributed by atoms with Gasteiger partial charge in [0.15, 0.2) is 0 Å². The van der Waals surface area contributed by atoms with Gasteiger partial charge in [-0.05, 0) is 66.3 Å². The Bertz CT molecular complexity index is 638. The number of aryl methyl sites for hydroxylation is 2. The molecule has 19 heavy (non-hydrogen) atoms. The van der Waals surface area contributed by atoms with Crippen molar-refractivity contribution >= 4 is 34.2 Å². The summed E-state index contributed by atoms with van der Waals surface area (Å²) in [5, 5.41) is 12.6. The number of hydrogen-bond acceptors (Lipinski definition) is 2. The van der Waals surface area contributed by atoms with E-state index in [0.717, 1.165) is 20.4 Å². The predicted octanol–water partition coefficient (Wildman–Crippen LogP) is 3.87. The highest BCUT2D eigenvalue weighted by atomic mass is 127. The lowest BCUT2D eigenvalue weighted by molar-refractivity contribution is 0.102. The lowest BCUT2D eigenvalue weighted by atomic mass is 10.1. The predicted molar refractivity (Wildman–Crippen MR) is 84.7 cm³/mol. The van der Waals surface area contributed by atoms with Crippen LogP contribution < -0.4 is 5.32 Å². The van der Waals surface area contributed by atoms with Gasteiger partial charge in [0.2, 0.25) is 0 Å². The third kappa shape index (κ3) is 3.26. The summed E-state index contributed by atoms with van der Waals surface area (Å²) in [4.78, 5) is 12.2. The molecule has 0 fully saturated rings. The van der Waals surface area contributed by atoms with Crippen molar-refractivity contribution in [2.45, 2.75) is 13.8 Å². The minimum Gasteiger partial charge on any atom is -0.507 e. The quantitative estimate of drug-likeness (QED) is 0.792. The second-order valence-corrected chi connectivity index (χ2v) is 5.68. The van der Waals surface area contributed by atoms with Gasteiger partial charge in [-0.1, -0.05) is 17.7 Å². The molecule has 98 valence electrons. The molecule has 1 amide bonds. The summed E-state index contributed by atoms with van der Waals surface area (Å²) in [5.74, 6) is -0.308. The number of benzene rings is 2. The largest absolute Gasteiger partial charge is 0.507 e. The first-order valence-corrected chi connectivity index (χ1v) is 6.92. The molecule has 0 bridgehead atoms. The van der Waals surface area contributed by atoms with E-state index in [9.17, 15) is 9.90 Å². The summed E-state index contributed by atoms with van der Waals surface area (Å²) < 4.78 is 1.05. The molecule has 0 spiro atoms. The number of nitrogens with one attached hydrogen (secondary N) is 1. The summed E-state index contributed by atoms with van der Waals surface area (Å²) >= 11 is 2.19. The Hall–Kier alpha value is -1.56. The first-order valence-electron chi connectivity index (χ1n) is 5.84. The Labute approximate surface area is 125 Å². The summed E-state index contributed by atoms with van der Waals surface area (Å²) in [7, 11) is 0. The van der Waals surface area contributed by atoms with Crippen molar-refractivity contribution in [1.82, 2.24) is 0 Å². The topological polar surface area (TPSA) is 49.3 Å². The van der Waals surface area contributed by atoms with Gasteiger partial charge in [-0.15, -0.1) is 0 Å². The second-order valence-electron chi connectivity index (χ2n) is 4.43. The molecule has 0 aliphatic carbocycles. The number of carbonyl (C=O) groups excluding carboxylic acids is 1. The van der Waals surface area contributed by atoms with E-state index in [1.54, 1.807) is 12.1 Å². The molecular weight excluding hydrogens is 353 g/mol. The van der Waals surface area contributed by atoms with E-state index in [1.165, 1.54) is 6.07 Å². The van der Waals surface area contributed by atoms with Crippen LogP contribution in [0.5, 0.6) is 5.75 Å². The number of aromatic hydroxyl groups is 1. The maximum absolute atomic E-state index is 12.2. The standard InChI is InChI=1S/C15H14INO2/c1-9-3-6-14(18)12(7-9)15(19)17-13-8-11(16)5-4-10(13)2/h3-8,18H,1-2H3,(H,17,19). The molecule has 0 aliphatic rings. The molecule has 0 atom stereocenters. The zero-order valence-corrected chi connectivity index (χ0v) is 12.9. The Balaban J connectivity index is 2.30. The van der Waals surface area contributed by atoms with Crippen LogP contribution in [0.25, 0.3) is 0 Å². The van der Waals surface area contributed by atoms with Gasteiger partial charge in [-0.3, -0.25) is 4.79 Å². The van der Waals surface area contributed by atoms with Crippen molar-refractivity contribution in [2.24, 2.45) is 0 Å². The van der Waals surface area contributed by atoms with E-state index >= 15 is 0 Å². The summed E-state index contributed by atoms with van der Waals surface area (Å²) in [6.07, 6.45) is 0. The van der Waals surface area contributed by atoms with Crippen LogP contribution in [-0.4, -0.2) is 11.0 Å². The van der Waals surface area contributed by atoms with Crippen LogP contribution in [0.2, 0.25) is 0 Å². The summed E-state index contributed by atoms with van der Waals surface area (Å²) in [5.41, 5.74) is 2.97. The normalized spacial score (nSPS) is 10.3. The maximum Gasteiger partial charge on any atom is 0.259 e. The lowest BCUT2D eigenvalue weighted by Crippen LogP contribution is -2.13. The zero-order chi connectivity index (χ0) is 14.0. The highest BCUT2D eigenvalue weighted by molar-refractivity contribution is 14.1. The van der Waals surface area contributed by atoms with Crippen LogP contribution in [0.3, 0.4) is 0 Å². The van der Waals surface area contributed by atoms with Crippen molar-refractivity contribution < 1.29 is 9.90 Å². The maximum atomic E-state index is 12.2. The number of phenolic OH excluding ortho intramolecular Hbond substituents is 1. The van der Waals surface area contributed by atoms with Crippen LogP contribution in [-0.2, 0) is 0 Å². The van der Waals surface area contributed by atoms with Gasteiger partial charge in [-0.2, -0.15) is 0 Å². The molecule has 0 aromatic heterocycles. The fourth-order valence-corrected chi connectivity index (χ4v) is 2.24. The minimum absolute atomic E-state index is 0.00798. The van der Waals surface area contributed by atoms with E-state index in [4.69, 9.17) is 0 Å². The molecule has 0 unspecified atom stereocenters. The van der Waals surface area contributed by atoms with E-state index in [-0.39, 0.29) is 11.7 Å². The molecule has 3 nitrogen and oxygen atoms in total. The average molecular weight is 367 g/mol. The van der Waals surface area contributed by atoms with Gasteiger partial charge in [0.25, 0.3) is 5.91 Å². The van der Waals surface area contributed by atoms with Crippen LogP contribution in [0.1, 0.15) is 21.5 Å². The first kappa shape index (κ1) is 13.9. The first-order chi connectivity index (χ1) is 8.97. The average Bonchev–Trinajstić information content (AvgIpc) is 2.36. The Kier molecular flexibility index (Phi) is 4.09. The molecule has 0 radical (unpaired) electrons. The van der Waals surface area contributed by atoms with Crippen molar-refractivity contribution in [3.8, 4) is 5.75 Å². The van der Waals surface area contributed by atoms with Gasteiger partial charge < -0.3 is 10.4 Å². The molecule has 4 heteroatoms. The number of rotatable bonds is 2. The highest BCUT2D eigenvalue weighted by Crippen LogP contribution is 2.22. The van der Waals surface area contributed by atoms with Crippen molar-refractivity contribution in [3.05, 3.63) is 56.7 Å². The molecule has 0 heterocycles. The lowest BCUT2D eigenvalue weighted by Gasteiger charge is -2.10. The third-order valence-corrected chi connectivity index (χ3v) is 3.52. The molecule has 0 saturated carbocycles. The highest BCUT2D eigenvalue weighted by Gasteiger charge is 2.12. The fourth-order valence-electron chi connectivity index (χ4n) is 1.75. The monoisotopic (exact) mass is 367 g/mol. The van der Waals surface area contributed by atoms with Crippen LogP contribution >= 0.6 is 22.6 Å². The SMILES string of the molecule is Cc1ccc(O)c(C(=O)Nc2cc(I)ccc2C)c1. The molecule has 0 aliphatic heterocycles. The van der Waals surface area contributed by atoms with E-state index in [2.05, 4.69) is 27.9 Å². The number of hydrogen-bond donors (Lipinski definition) is 2. The van der Waals surface area contributed by atoms with Crippen molar-refractivity contribution in [3.63, 3.8) is 0 Å². The number of halogens is 1. The van der Waals surface area contributed by atoms with E-state index < -0.39 is 0 Å². The molecule has 2 rings (SSSR count). The van der Waals surface area contributed by atoms with E-state index in [1.807, 2.05) is 32.0 Å². The minimum atomic E-state index is -0.300. The van der Waals surface area contributed by atoms with Gasteiger partial charge >= 0.3 is 0 Å². The summed E-state index contributed by atoms with van der Waals surface area (Å²) in [6, 6.07) is 10.8. The second kappa shape index (κ2) is 5.61. The Morgan fingerprint density at radius 1 is 1.16 bits per heavy atom. The van der Waals surface area contributed by atoms with E-state index in [0.29, 0.717) is 5.56 Å². The van der Waals surface area contributed by atoms with Gasteiger partial charge in [-0.25, -0.2) is 0 Å². The van der Waals surface area contributed by atoms with Gasteiger partial charge in [0, 0.05) is 9.26 Å². The third-order valence-electron chi connectivity index (χ3n) is 2.84. The number of phenols is 1. The summed E-state index contributed by atoms with van der Waals surface area (Å²) in [6.45, 7) is 3.81. The zero-order valence-electron chi connectivity index (χ0n) is 10.7. The van der Waals surface area contributed by atoms with Crippen molar-refractivity contribution in [1.29, 1.82) is 0 Å². The molecule has 2 N–H and O–H groups in total. The molecule has 2 aromatic carbocycles. The van der Waals surface area contributed by atoms with Crippen LogP contribution in [0.15, 0.2) is 36.4 Å². The number of amides is 1. The van der Waals surface area contributed by atoms with Crippen molar-refractivity contribution in [2.75, 3.05) is 5.32 Å². The number of carbonyl (C=O) groups is 1. The number of anilines is 1. The van der Waals surface area contributed by atoms with Gasteiger partial charge in [0.1, 0.15) is 5.75 Å². The Morgan fingerprint density at radius 3 is 2.63 bits per heavy atom. The van der Waals surface area contributed by atoms with Crippen LogP contribution in [0.4, 0.5) is 5.69 Å². The van der Waals surface area contributed by atoms with Crippen LogP contribution in [0, 0.1) is 17.4 Å². The smallest absolute Gasteiger partial charge is 0.259 e. The molecular formula is C15H14INO2. The molecule has 2 aromatic rings. The fraction of sp³-hybridized carbons (Fsp3) is 0.133. The van der Waals surface area contributed by atoms with Gasteiger partial charge in [0.05, 0.1) is 5.56 Å². The Morgan fingerprint density at radius 2 is 1.89 bits per heavy atom. The molecule has 0 saturated heterocycles.